The summed E-state index contributed by atoms with van der Waals surface area (Å²) in [7, 11) is -0.320. The van der Waals surface area contributed by atoms with E-state index in [1.54, 1.807) is 20.4 Å². The molecule has 9 nitrogen and oxygen atoms in total. The smallest absolute Gasteiger partial charge is 0.299 e. The molecule has 0 radical (unpaired) electrons. The third kappa shape index (κ3) is 6.49. The molecule has 0 saturated carbocycles. The zero-order valence-corrected chi connectivity index (χ0v) is 26.6. The molecule has 0 fully saturated rings. The molecule has 0 N–H and O–H groups in total. The van der Waals surface area contributed by atoms with Crippen molar-refractivity contribution in [3.8, 4) is 11.5 Å². The van der Waals surface area contributed by atoms with Gasteiger partial charge in [-0.1, -0.05) is 70.2 Å². The third-order valence-corrected chi connectivity index (χ3v) is 11.1. The molecular weight excluding hydrogens is 561 g/mol. The number of carbonyl (C=O) groups excluding carboxylic acids is 1. The number of hydrogen-bond acceptors (Lipinski definition) is 6. The Bertz CT molecular complexity index is 1510. The molecule has 4 rings (SSSR count). The van der Waals surface area contributed by atoms with Crippen molar-refractivity contribution in [3.63, 3.8) is 0 Å². The van der Waals surface area contributed by atoms with Crippen molar-refractivity contribution in [2.45, 2.75) is 27.7 Å². The Morgan fingerprint density at radius 1 is 0.814 bits per heavy atom. The van der Waals surface area contributed by atoms with Gasteiger partial charge in [-0.3, -0.25) is 9.36 Å². The highest BCUT2D eigenvalue weighted by Gasteiger charge is 2.45. The van der Waals surface area contributed by atoms with Crippen molar-refractivity contribution < 1.29 is 18.8 Å². The predicted octanol–water partition coefficient (Wildman–Crippen LogP) is 6.57. The Kier molecular flexibility index (Phi) is 10.7. The first-order valence-electron chi connectivity index (χ1n) is 14.5. The number of amides is 1. The van der Waals surface area contributed by atoms with Crippen molar-refractivity contribution in [1.82, 2.24) is 14.3 Å². The maximum Gasteiger partial charge on any atom is 0.299 e. The number of rotatable bonds is 13. The fraction of sp³-hybridized carbons (Fsp3) is 0.303. The van der Waals surface area contributed by atoms with Crippen LogP contribution in [0.1, 0.15) is 44.4 Å². The van der Waals surface area contributed by atoms with Crippen molar-refractivity contribution in [1.29, 1.82) is 0 Å². The summed E-state index contributed by atoms with van der Waals surface area (Å²) < 4.78 is 30.2. The van der Waals surface area contributed by atoms with Gasteiger partial charge in [0.05, 0.1) is 25.7 Å². The van der Waals surface area contributed by atoms with Gasteiger partial charge >= 0.3 is 0 Å². The van der Waals surface area contributed by atoms with E-state index in [2.05, 4.69) is 5.10 Å². The van der Waals surface area contributed by atoms with E-state index in [-0.39, 0.29) is 5.70 Å². The largest absolute Gasteiger partial charge is 0.497 e. The predicted molar refractivity (Wildman–Crippen MR) is 174 cm³/mol. The van der Waals surface area contributed by atoms with Crippen molar-refractivity contribution in [3.05, 3.63) is 101 Å². The maximum atomic E-state index is 15.6. The number of methoxy groups -OCH3 is 2. The van der Waals surface area contributed by atoms with Crippen LogP contribution < -0.4 is 9.47 Å². The van der Waals surface area contributed by atoms with Gasteiger partial charge in [-0.05, 0) is 47.5 Å². The molecule has 3 aromatic rings. The second kappa shape index (κ2) is 14.4. The van der Waals surface area contributed by atoms with Gasteiger partial charge in [0, 0.05) is 31.7 Å². The lowest BCUT2D eigenvalue weighted by Gasteiger charge is -2.39. The summed E-state index contributed by atoms with van der Waals surface area (Å²) in [4.78, 5) is 19.4. The number of benzene rings is 3. The van der Waals surface area contributed by atoms with Crippen LogP contribution in [0.5, 0.6) is 11.5 Å². The van der Waals surface area contributed by atoms with Crippen molar-refractivity contribution in [2.24, 2.45) is 10.1 Å². The number of hydrazone groups is 1. The Morgan fingerprint density at radius 3 is 1.81 bits per heavy atom. The molecule has 0 unspecified atom stereocenters. The minimum absolute atomic E-state index is 0.109. The summed E-state index contributed by atoms with van der Waals surface area (Å²) in [6, 6.07) is 24.1. The average molecular weight is 602 g/mol. The first-order valence-corrected chi connectivity index (χ1v) is 16.1. The second-order valence-electron chi connectivity index (χ2n) is 9.68. The van der Waals surface area contributed by atoms with Crippen LogP contribution in [0.25, 0.3) is 5.31 Å². The summed E-state index contributed by atoms with van der Waals surface area (Å²) >= 11 is 0. The lowest BCUT2D eigenvalue weighted by molar-refractivity contribution is -0.122. The Morgan fingerprint density at radius 2 is 1.33 bits per heavy atom. The van der Waals surface area contributed by atoms with E-state index in [9.17, 15) is 4.79 Å². The molecular formula is C33H40N5O4P. The summed E-state index contributed by atoms with van der Waals surface area (Å²) in [6.07, 6.45) is 1.61. The minimum Gasteiger partial charge on any atom is -0.497 e. The van der Waals surface area contributed by atoms with Gasteiger partial charge in [0.15, 0.2) is 5.84 Å². The number of amidine groups is 1. The normalized spacial score (nSPS) is 15.0. The van der Waals surface area contributed by atoms with E-state index in [0.29, 0.717) is 54.2 Å². The molecule has 1 aliphatic heterocycles. The molecule has 10 heteroatoms. The molecule has 1 amide bonds. The third-order valence-electron chi connectivity index (χ3n) is 7.39. The number of carbonyl (C=O) groups is 1. The summed E-state index contributed by atoms with van der Waals surface area (Å²) in [5.74, 6) is 1.29. The van der Waals surface area contributed by atoms with Crippen molar-refractivity contribution >= 4 is 30.7 Å². The zero-order valence-electron chi connectivity index (χ0n) is 25.7. The van der Waals surface area contributed by atoms with Crippen molar-refractivity contribution in [2.75, 3.05) is 40.4 Å². The van der Waals surface area contributed by atoms with E-state index in [1.807, 2.05) is 116 Å². The van der Waals surface area contributed by atoms with Gasteiger partial charge in [0.2, 0.25) is 7.44 Å². The van der Waals surface area contributed by atoms with Gasteiger partial charge in [-0.2, -0.15) is 10.1 Å². The SMILES string of the molecule is CCN(CC)P(=O)(/C(=C1/N=C(c2ccccc2)N(/N=C/c2ccc(OC)cc2)C1=O)c1ccc(OC)cc1)N(CC)CC. The molecule has 3 aromatic carbocycles. The molecule has 0 atom stereocenters. The van der Waals surface area contributed by atoms with Crippen LogP contribution in [0.2, 0.25) is 0 Å². The highest BCUT2D eigenvalue weighted by Crippen LogP contribution is 2.65. The molecule has 0 aromatic heterocycles. The fourth-order valence-electron chi connectivity index (χ4n) is 5.11. The number of hydrogen-bond donors (Lipinski definition) is 0. The quantitative estimate of drug-likeness (QED) is 0.125. The average Bonchev–Trinajstić information content (AvgIpc) is 3.37. The van der Waals surface area contributed by atoms with Gasteiger partial charge in [-0.15, -0.1) is 0 Å². The highest BCUT2D eigenvalue weighted by atomic mass is 31.2. The number of aliphatic imine (C=N–C) groups is 1. The maximum absolute atomic E-state index is 15.6. The second-order valence-corrected chi connectivity index (χ2v) is 12.4. The van der Waals surface area contributed by atoms with Crippen LogP contribution >= 0.6 is 7.44 Å². The van der Waals surface area contributed by atoms with Crippen LogP contribution in [0.15, 0.2) is 94.7 Å². The fourth-order valence-corrected chi connectivity index (χ4v) is 8.48. The Hall–Kier alpha value is -4.04. The summed E-state index contributed by atoms with van der Waals surface area (Å²) in [6.45, 7) is 10.0. The molecule has 1 heterocycles. The standard InChI is InChI=1S/C33H40N5O4P/c1-7-36(8-2)43(40,37(9-3)10-4)31(26-18-22-29(42-6)23-19-26)30-33(39)38(32(35-30)27-14-12-11-13-15-27)34-24-25-16-20-28(41-5)21-17-25/h11-24H,7-10H2,1-6H3/b31-30+,34-24+. The topological polar surface area (TPSA) is 87.0 Å². The van der Waals surface area contributed by atoms with Gasteiger partial charge in [-0.25, -0.2) is 14.3 Å². The molecule has 0 saturated heterocycles. The number of ether oxygens (including phenoxy) is 2. The molecule has 43 heavy (non-hydrogen) atoms. The molecule has 0 spiro atoms. The highest BCUT2D eigenvalue weighted by molar-refractivity contribution is 7.70. The van der Waals surface area contributed by atoms with E-state index in [0.717, 1.165) is 11.3 Å². The first kappa shape index (κ1) is 31.9. The van der Waals surface area contributed by atoms with E-state index >= 15 is 4.57 Å². The molecule has 0 bridgehead atoms. The Balaban J connectivity index is 2.00. The molecule has 1 aliphatic rings. The Labute approximate surface area is 254 Å². The molecule has 0 aliphatic carbocycles. The van der Waals surface area contributed by atoms with Gasteiger partial charge < -0.3 is 9.47 Å². The lowest BCUT2D eigenvalue weighted by atomic mass is 10.2. The van der Waals surface area contributed by atoms with E-state index in [1.165, 1.54) is 5.01 Å². The summed E-state index contributed by atoms with van der Waals surface area (Å²) in [5.41, 5.74) is 2.25. The van der Waals surface area contributed by atoms with Crippen LogP contribution in [0, 0.1) is 0 Å². The van der Waals surface area contributed by atoms with Crippen LogP contribution in [0.3, 0.4) is 0 Å². The zero-order chi connectivity index (χ0) is 31.0. The first-order chi connectivity index (χ1) is 20.9. The lowest BCUT2D eigenvalue weighted by Crippen LogP contribution is -2.33. The van der Waals surface area contributed by atoms with Gasteiger partial charge in [0.25, 0.3) is 5.91 Å². The van der Waals surface area contributed by atoms with Crippen LogP contribution in [-0.4, -0.2) is 72.7 Å². The monoisotopic (exact) mass is 601 g/mol. The molecule has 226 valence electrons. The number of nitrogens with zero attached hydrogens (tertiary/aromatic N) is 5. The summed E-state index contributed by atoms with van der Waals surface area (Å²) in [5, 5.41) is 6.30. The van der Waals surface area contributed by atoms with Crippen LogP contribution in [-0.2, 0) is 9.36 Å². The van der Waals surface area contributed by atoms with E-state index in [4.69, 9.17) is 14.5 Å². The van der Waals surface area contributed by atoms with E-state index < -0.39 is 13.4 Å². The van der Waals surface area contributed by atoms with Crippen LogP contribution in [0.4, 0.5) is 0 Å². The van der Waals surface area contributed by atoms with Gasteiger partial charge in [0.1, 0.15) is 17.2 Å². The minimum atomic E-state index is -3.53.